The first kappa shape index (κ1) is 11.6. The van der Waals surface area contributed by atoms with Crippen LogP contribution in [0.1, 0.15) is 12.0 Å². The molecule has 2 rings (SSSR count). The molecule has 1 fully saturated rings. The smallest absolute Gasteiger partial charge is 0.0354 e. The van der Waals surface area contributed by atoms with Crippen molar-refractivity contribution in [1.29, 1.82) is 0 Å². The van der Waals surface area contributed by atoms with E-state index in [4.69, 9.17) is 0 Å². The second kappa shape index (κ2) is 5.43. The van der Waals surface area contributed by atoms with E-state index in [1.165, 1.54) is 18.5 Å². The number of hydrazine groups is 1. The van der Waals surface area contributed by atoms with Crippen LogP contribution in [0.15, 0.2) is 30.3 Å². The van der Waals surface area contributed by atoms with Gasteiger partial charge in [0, 0.05) is 39.8 Å². The normalized spacial score (nSPS) is 21.8. The summed E-state index contributed by atoms with van der Waals surface area (Å²) in [5.74, 6) is 0. The number of benzene rings is 1. The summed E-state index contributed by atoms with van der Waals surface area (Å²) in [6.45, 7) is 3.42. The summed E-state index contributed by atoms with van der Waals surface area (Å²) in [7, 11) is 4.11. The Bertz CT molecular complexity index is 310. The van der Waals surface area contributed by atoms with Crippen molar-refractivity contribution in [2.45, 2.75) is 19.0 Å². The number of hydrogen-bond acceptors (Lipinski definition) is 3. The first-order chi connectivity index (χ1) is 7.74. The zero-order chi connectivity index (χ0) is 11.4. The fraction of sp³-hybridized carbons (Fsp3) is 0.538. The van der Waals surface area contributed by atoms with E-state index in [9.17, 15) is 0 Å². The van der Waals surface area contributed by atoms with Crippen LogP contribution in [0.5, 0.6) is 0 Å². The standard InChI is InChI=1S/C13H21N3/c1-15(2)14-13-8-9-16(11-13)10-12-6-4-3-5-7-12/h3-7,13-14H,8-11H2,1-2H3. The highest BCUT2D eigenvalue weighted by Crippen LogP contribution is 2.13. The molecule has 1 aromatic rings. The molecule has 1 unspecified atom stereocenters. The molecule has 3 nitrogen and oxygen atoms in total. The van der Waals surface area contributed by atoms with Crippen molar-refractivity contribution in [3.8, 4) is 0 Å². The maximum Gasteiger partial charge on any atom is 0.0354 e. The second-order valence-electron chi connectivity index (χ2n) is 4.73. The lowest BCUT2D eigenvalue weighted by Crippen LogP contribution is -2.41. The minimum absolute atomic E-state index is 0.610. The molecule has 0 radical (unpaired) electrons. The van der Waals surface area contributed by atoms with Crippen molar-refractivity contribution in [3.05, 3.63) is 35.9 Å². The average Bonchev–Trinajstić information content (AvgIpc) is 2.66. The highest BCUT2D eigenvalue weighted by Gasteiger charge is 2.22. The SMILES string of the molecule is CN(C)NC1CCN(Cc2ccccc2)C1. The van der Waals surface area contributed by atoms with E-state index in [1.54, 1.807) is 0 Å². The summed E-state index contributed by atoms with van der Waals surface area (Å²) < 4.78 is 0. The Morgan fingerprint density at radius 1 is 1.31 bits per heavy atom. The van der Waals surface area contributed by atoms with Gasteiger partial charge >= 0.3 is 0 Å². The van der Waals surface area contributed by atoms with Crippen LogP contribution < -0.4 is 5.43 Å². The van der Waals surface area contributed by atoms with E-state index >= 15 is 0 Å². The second-order valence-corrected chi connectivity index (χ2v) is 4.73. The van der Waals surface area contributed by atoms with Gasteiger partial charge in [-0.05, 0) is 12.0 Å². The highest BCUT2D eigenvalue weighted by atomic mass is 15.5. The lowest BCUT2D eigenvalue weighted by Gasteiger charge is -2.19. The van der Waals surface area contributed by atoms with Gasteiger partial charge in [0.15, 0.2) is 0 Å². The Labute approximate surface area is 98.0 Å². The Kier molecular flexibility index (Phi) is 3.93. The molecular weight excluding hydrogens is 198 g/mol. The van der Waals surface area contributed by atoms with Crippen molar-refractivity contribution < 1.29 is 0 Å². The van der Waals surface area contributed by atoms with Crippen molar-refractivity contribution in [2.75, 3.05) is 27.2 Å². The van der Waals surface area contributed by atoms with Gasteiger partial charge in [-0.15, -0.1) is 0 Å². The first-order valence-corrected chi connectivity index (χ1v) is 5.94. The molecule has 0 amide bonds. The predicted molar refractivity (Wildman–Crippen MR) is 66.9 cm³/mol. The van der Waals surface area contributed by atoms with Crippen molar-refractivity contribution >= 4 is 0 Å². The molecule has 1 aromatic carbocycles. The molecule has 1 N–H and O–H groups in total. The zero-order valence-electron chi connectivity index (χ0n) is 10.2. The van der Waals surface area contributed by atoms with Gasteiger partial charge in [0.2, 0.25) is 0 Å². The van der Waals surface area contributed by atoms with Gasteiger partial charge in [-0.2, -0.15) is 0 Å². The van der Waals surface area contributed by atoms with E-state index in [2.05, 4.69) is 59.8 Å². The maximum absolute atomic E-state index is 3.45. The van der Waals surface area contributed by atoms with Crippen LogP contribution >= 0.6 is 0 Å². The van der Waals surface area contributed by atoms with E-state index < -0.39 is 0 Å². The molecule has 1 saturated heterocycles. The van der Waals surface area contributed by atoms with Crippen molar-refractivity contribution in [3.63, 3.8) is 0 Å². The summed E-state index contributed by atoms with van der Waals surface area (Å²) in [5, 5.41) is 2.05. The molecule has 1 atom stereocenters. The quantitative estimate of drug-likeness (QED) is 0.771. The van der Waals surface area contributed by atoms with E-state index in [0.717, 1.165) is 13.1 Å². The summed E-state index contributed by atoms with van der Waals surface area (Å²) >= 11 is 0. The Balaban J connectivity index is 1.81. The molecule has 1 heterocycles. The van der Waals surface area contributed by atoms with Gasteiger partial charge in [-0.3, -0.25) is 15.3 Å². The van der Waals surface area contributed by atoms with E-state index in [0.29, 0.717) is 6.04 Å². The fourth-order valence-electron chi connectivity index (χ4n) is 2.29. The van der Waals surface area contributed by atoms with Gasteiger partial charge < -0.3 is 0 Å². The Morgan fingerprint density at radius 2 is 2.06 bits per heavy atom. The molecule has 0 aliphatic carbocycles. The highest BCUT2D eigenvalue weighted by molar-refractivity contribution is 5.14. The fourth-order valence-corrected chi connectivity index (χ4v) is 2.29. The third-order valence-electron chi connectivity index (χ3n) is 2.96. The average molecular weight is 219 g/mol. The molecule has 88 valence electrons. The molecular formula is C13H21N3. The van der Waals surface area contributed by atoms with Gasteiger partial charge in [-0.1, -0.05) is 30.3 Å². The molecule has 0 aromatic heterocycles. The number of likely N-dealkylation sites (tertiary alicyclic amines) is 1. The lowest BCUT2D eigenvalue weighted by molar-refractivity contribution is 0.233. The van der Waals surface area contributed by atoms with Crippen LogP contribution in [0.2, 0.25) is 0 Å². The summed E-state index contributed by atoms with van der Waals surface area (Å²) in [6, 6.07) is 11.3. The van der Waals surface area contributed by atoms with Crippen LogP contribution in [-0.4, -0.2) is 43.1 Å². The minimum Gasteiger partial charge on any atom is -0.297 e. The number of nitrogens with one attached hydrogen (secondary N) is 1. The predicted octanol–water partition coefficient (Wildman–Crippen LogP) is 1.33. The van der Waals surface area contributed by atoms with Gasteiger partial charge in [-0.25, -0.2) is 0 Å². The molecule has 3 heteroatoms. The van der Waals surface area contributed by atoms with Gasteiger partial charge in [0.05, 0.1) is 0 Å². The molecule has 1 aliphatic heterocycles. The van der Waals surface area contributed by atoms with Crippen LogP contribution in [0, 0.1) is 0 Å². The number of nitrogens with zero attached hydrogens (tertiary/aromatic N) is 2. The third kappa shape index (κ3) is 3.30. The van der Waals surface area contributed by atoms with Crippen LogP contribution in [0.4, 0.5) is 0 Å². The molecule has 0 bridgehead atoms. The number of rotatable bonds is 4. The minimum atomic E-state index is 0.610. The van der Waals surface area contributed by atoms with E-state index in [-0.39, 0.29) is 0 Å². The van der Waals surface area contributed by atoms with Gasteiger partial charge in [0.1, 0.15) is 0 Å². The Morgan fingerprint density at radius 3 is 2.75 bits per heavy atom. The molecule has 0 spiro atoms. The van der Waals surface area contributed by atoms with Crippen LogP contribution in [-0.2, 0) is 6.54 Å². The lowest BCUT2D eigenvalue weighted by atomic mass is 10.2. The van der Waals surface area contributed by atoms with Gasteiger partial charge in [0.25, 0.3) is 0 Å². The molecule has 0 saturated carbocycles. The largest absolute Gasteiger partial charge is 0.297 e. The number of hydrogen-bond donors (Lipinski definition) is 1. The molecule has 1 aliphatic rings. The topological polar surface area (TPSA) is 18.5 Å². The molecule has 16 heavy (non-hydrogen) atoms. The maximum atomic E-state index is 3.45. The van der Waals surface area contributed by atoms with Crippen LogP contribution in [0.25, 0.3) is 0 Å². The monoisotopic (exact) mass is 219 g/mol. The Hall–Kier alpha value is -0.900. The summed E-state index contributed by atoms with van der Waals surface area (Å²) in [4.78, 5) is 2.51. The van der Waals surface area contributed by atoms with Crippen molar-refractivity contribution in [2.24, 2.45) is 0 Å². The van der Waals surface area contributed by atoms with Crippen molar-refractivity contribution in [1.82, 2.24) is 15.3 Å². The van der Waals surface area contributed by atoms with E-state index in [1.807, 2.05) is 0 Å². The first-order valence-electron chi connectivity index (χ1n) is 5.94. The zero-order valence-corrected chi connectivity index (χ0v) is 10.2. The summed E-state index contributed by atoms with van der Waals surface area (Å²) in [5.41, 5.74) is 4.86. The summed E-state index contributed by atoms with van der Waals surface area (Å²) in [6.07, 6.45) is 1.24. The third-order valence-corrected chi connectivity index (χ3v) is 2.96. The van der Waals surface area contributed by atoms with Crippen LogP contribution in [0.3, 0.4) is 0 Å².